The number of nitrogen functional groups attached to an aromatic ring is 1. The van der Waals surface area contributed by atoms with Gasteiger partial charge in [-0.3, -0.25) is 0 Å². The highest BCUT2D eigenvalue weighted by atomic mass is 14.9. The van der Waals surface area contributed by atoms with Crippen LogP contribution >= 0.6 is 0 Å². The van der Waals surface area contributed by atoms with Crippen molar-refractivity contribution in [2.75, 3.05) is 5.73 Å². The van der Waals surface area contributed by atoms with E-state index in [-0.39, 0.29) is 0 Å². The van der Waals surface area contributed by atoms with Crippen molar-refractivity contribution < 1.29 is 0 Å². The number of hydrogen-bond acceptors (Lipinski definition) is 4. The molecule has 1 aromatic heterocycles. The van der Waals surface area contributed by atoms with Crippen molar-refractivity contribution in [3.05, 3.63) is 17.6 Å². The zero-order chi connectivity index (χ0) is 8.43. The Morgan fingerprint density at radius 1 is 1.64 bits per heavy atom. The standard InChI is InChI=1S/C7H10N4/c1-4-3-10-7(9)6(11-4)5(2)8/h3,8H,1-2H3,(H2,9,10). The van der Waals surface area contributed by atoms with Crippen LogP contribution in [0.25, 0.3) is 0 Å². The first-order valence-electron chi connectivity index (χ1n) is 3.26. The first kappa shape index (κ1) is 7.65. The Morgan fingerprint density at radius 3 is 2.73 bits per heavy atom. The fourth-order valence-electron chi connectivity index (χ4n) is 0.763. The van der Waals surface area contributed by atoms with Gasteiger partial charge in [0, 0.05) is 0 Å². The maximum Gasteiger partial charge on any atom is 0.151 e. The molecule has 1 heterocycles. The predicted molar refractivity (Wildman–Crippen MR) is 43.7 cm³/mol. The van der Waals surface area contributed by atoms with Gasteiger partial charge in [0.25, 0.3) is 0 Å². The zero-order valence-electron chi connectivity index (χ0n) is 6.55. The lowest BCUT2D eigenvalue weighted by atomic mass is 10.3. The van der Waals surface area contributed by atoms with E-state index in [0.29, 0.717) is 17.2 Å². The van der Waals surface area contributed by atoms with E-state index in [1.54, 1.807) is 13.1 Å². The third-order valence-electron chi connectivity index (χ3n) is 1.28. The molecule has 0 fully saturated rings. The molecule has 0 bridgehead atoms. The smallest absolute Gasteiger partial charge is 0.151 e. The summed E-state index contributed by atoms with van der Waals surface area (Å²) in [6, 6.07) is 0. The number of aromatic nitrogens is 2. The molecule has 0 aliphatic heterocycles. The van der Waals surface area contributed by atoms with E-state index in [1.165, 1.54) is 0 Å². The summed E-state index contributed by atoms with van der Waals surface area (Å²) in [5.74, 6) is 0.322. The zero-order valence-corrected chi connectivity index (χ0v) is 6.55. The molecular weight excluding hydrogens is 140 g/mol. The molecule has 0 amide bonds. The van der Waals surface area contributed by atoms with Crippen LogP contribution in [0.1, 0.15) is 18.3 Å². The Kier molecular flexibility index (Phi) is 1.85. The number of aryl methyl sites for hydroxylation is 1. The van der Waals surface area contributed by atoms with Crippen molar-refractivity contribution in [2.45, 2.75) is 13.8 Å². The summed E-state index contributed by atoms with van der Waals surface area (Å²) in [5.41, 5.74) is 7.08. The van der Waals surface area contributed by atoms with Crippen LogP contribution in [0.4, 0.5) is 5.82 Å². The molecule has 11 heavy (non-hydrogen) atoms. The number of nitrogens with zero attached hydrogens (tertiary/aromatic N) is 2. The summed E-state index contributed by atoms with van der Waals surface area (Å²) in [7, 11) is 0. The van der Waals surface area contributed by atoms with Crippen LogP contribution < -0.4 is 5.73 Å². The first-order chi connectivity index (χ1) is 5.11. The average Bonchev–Trinajstić information content (AvgIpc) is 1.94. The van der Waals surface area contributed by atoms with E-state index in [2.05, 4.69) is 9.97 Å². The van der Waals surface area contributed by atoms with Gasteiger partial charge in [-0.1, -0.05) is 0 Å². The minimum absolute atomic E-state index is 0.322. The summed E-state index contributed by atoms with van der Waals surface area (Å²) in [6.07, 6.45) is 1.59. The van der Waals surface area contributed by atoms with E-state index in [9.17, 15) is 0 Å². The van der Waals surface area contributed by atoms with Gasteiger partial charge in [-0.05, 0) is 13.8 Å². The molecular formula is C7H10N4. The van der Waals surface area contributed by atoms with Crippen molar-refractivity contribution >= 4 is 11.5 Å². The SMILES string of the molecule is CC(=N)c1nc(C)cnc1N. The molecule has 4 heteroatoms. The minimum Gasteiger partial charge on any atom is -0.382 e. The summed E-state index contributed by atoms with van der Waals surface area (Å²) in [6.45, 7) is 3.46. The van der Waals surface area contributed by atoms with Gasteiger partial charge in [0.2, 0.25) is 0 Å². The lowest BCUT2D eigenvalue weighted by molar-refractivity contribution is 1.10. The fraction of sp³-hybridized carbons (Fsp3) is 0.286. The van der Waals surface area contributed by atoms with Gasteiger partial charge < -0.3 is 11.1 Å². The monoisotopic (exact) mass is 150 g/mol. The Morgan fingerprint density at radius 2 is 2.27 bits per heavy atom. The quantitative estimate of drug-likeness (QED) is 0.580. The maximum absolute atomic E-state index is 7.29. The van der Waals surface area contributed by atoms with Crippen LogP contribution in [0.5, 0.6) is 0 Å². The van der Waals surface area contributed by atoms with E-state index in [0.717, 1.165) is 5.69 Å². The van der Waals surface area contributed by atoms with Crippen LogP contribution in [0, 0.1) is 12.3 Å². The topological polar surface area (TPSA) is 75.7 Å². The van der Waals surface area contributed by atoms with E-state index >= 15 is 0 Å². The van der Waals surface area contributed by atoms with Gasteiger partial charge in [-0.25, -0.2) is 9.97 Å². The number of nitrogens with one attached hydrogen (secondary N) is 1. The molecule has 0 spiro atoms. The summed E-state index contributed by atoms with van der Waals surface area (Å²) < 4.78 is 0. The maximum atomic E-state index is 7.29. The van der Waals surface area contributed by atoms with Crippen LogP contribution in [0.15, 0.2) is 6.20 Å². The molecule has 0 atom stereocenters. The summed E-state index contributed by atoms with van der Waals surface area (Å²) >= 11 is 0. The highest BCUT2D eigenvalue weighted by Gasteiger charge is 2.03. The van der Waals surface area contributed by atoms with Gasteiger partial charge in [0.15, 0.2) is 5.82 Å². The van der Waals surface area contributed by atoms with Crippen LogP contribution in [0.3, 0.4) is 0 Å². The van der Waals surface area contributed by atoms with Crippen molar-refractivity contribution in [1.29, 1.82) is 5.41 Å². The molecule has 0 unspecified atom stereocenters. The molecule has 0 radical (unpaired) electrons. The summed E-state index contributed by atoms with van der Waals surface area (Å²) in [4.78, 5) is 7.93. The van der Waals surface area contributed by atoms with Crippen molar-refractivity contribution in [3.63, 3.8) is 0 Å². The Balaban J connectivity index is 3.23. The van der Waals surface area contributed by atoms with Crippen molar-refractivity contribution in [3.8, 4) is 0 Å². The lowest BCUT2D eigenvalue weighted by Gasteiger charge is -2.01. The number of nitrogens with two attached hydrogens (primary N) is 1. The van der Waals surface area contributed by atoms with Crippen molar-refractivity contribution in [1.82, 2.24) is 9.97 Å². The Hall–Kier alpha value is -1.45. The van der Waals surface area contributed by atoms with Gasteiger partial charge in [0.05, 0.1) is 17.6 Å². The molecule has 4 nitrogen and oxygen atoms in total. The molecule has 1 aromatic rings. The van der Waals surface area contributed by atoms with Crippen LogP contribution in [0.2, 0.25) is 0 Å². The minimum atomic E-state index is 0.322. The second kappa shape index (κ2) is 2.65. The van der Waals surface area contributed by atoms with E-state index in [1.807, 2.05) is 6.92 Å². The highest BCUT2D eigenvalue weighted by molar-refractivity contribution is 5.98. The van der Waals surface area contributed by atoms with Gasteiger partial charge in [-0.2, -0.15) is 0 Å². The normalized spacial score (nSPS) is 9.64. The molecule has 0 saturated carbocycles. The Bertz CT molecular complexity index is 292. The van der Waals surface area contributed by atoms with Crippen molar-refractivity contribution in [2.24, 2.45) is 0 Å². The fourth-order valence-corrected chi connectivity index (χ4v) is 0.763. The van der Waals surface area contributed by atoms with E-state index < -0.39 is 0 Å². The second-order valence-electron chi connectivity index (χ2n) is 2.37. The molecule has 0 aromatic carbocycles. The molecule has 3 N–H and O–H groups in total. The predicted octanol–water partition coefficient (Wildman–Crippen LogP) is 0.755. The lowest BCUT2D eigenvalue weighted by Crippen LogP contribution is -2.06. The van der Waals surface area contributed by atoms with Crippen LogP contribution in [-0.2, 0) is 0 Å². The van der Waals surface area contributed by atoms with Crippen LogP contribution in [-0.4, -0.2) is 15.7 Å². The highest BCUT2D eigenvalue weighted by Crippen LogP contribution is 2.05. The molecule has 0 aliphatic carbocycles. The van der Waals surface area contributed by atoms with Gasteiger partial charge in [-0.15, -0.1) is 0 Å². The second-order valence-corrected chi connectivity index (χ2v) is 2.37. The third kappa shape index (κ3) is 1.52. The van der Waals surface area contributed by atoms with Gasteiger partial charge >= 0.3 is 0 Å². The van der Waals surface area contributed by atoms with Gasteiger partial charge in [0.1, 0.15) is 5.69 Å². The first-order valence-corrected chi connectivity index (χ1v) is 3.26. The Labute approximate surface area is 65.0 Å². The number of hydrogen-bond donors (Lipinski definition) is 2. The molecule has 58 valence electrons. The number of rotatable bonds is 1. The third-order valence-corrected chi connectivity index (χ3v) is 1.28. The molecule has 1 rings (SSSR count). The number of anilines is 1. The summed E-state index contributed by atoms with van der Waals surface area (Å²) in [5, 5.41) is 7.29. The van der Waals surface area contributed by atoms with E-state index in [4.69, 9.17) is 11.1 Å². The average molecular weight is 150 g/mol. The molecule has 0 aliphatic rings. The largest absolute Gasteiger partial charge is 0.382 e. The molecule has 0 saturated heterocycles.